The molecule has 0 radical (unpaired) electrons. The predicted molar refractivity (Wildman–Crippen MR) is 108 cm³/mol. The molecule has 2 aromatic heterocycles. The highest BCUT2D eigenvalue weighted by molar-refractivity contribution is 9.10. The van der Waals surface area contributed by atoms with Crippen LogP contribution in [0.15, 0.2) is 16.0 Å². The normalized spacial score (nSPS) is 16.7. The van der Waals surface area contributed by atoms with Crippen LogP contribution in [-0.2, 0) is 19.0 Å². The van der Waals surface area contributed by atoms with Crippen LogP contribution in [0.5, 0.6) is 0 Å². The number of carbonyl (C=O) groups excluding carboxylic acids is 1. The van der Waals surface area contributed by atoms with Crippen molar-refractivity contribution in [3.8, 4) is 0 Å². The Hall–Kier alpha value is -1.25. The first-order valence-electron chi connectivity index (χ1n) is 8.89. The number of hydrogen-bond acceptors (Lipinski definition) is 5. The standard InChI is InChI=1S/C18H26BrN5OS/c1-18(2,3)17-21-13(12-26-17)11-23-6-5-7-24(9-8-23)16(25)15-14(19)10-20-22(15)4/h10,12H,5-9,11H2,1-4H3. The lowest BCUT2D eigenvalue weighted by molar-refractivity contribution is 0.0749. The fourth-order valence-electron chi connectivity index (χ4n) is 3.09. The summed E-state index contributed by atoms with van der Waals surface area (Å²) in [6, 6.07) is 0. The molecule has 0 N–H and O–H groups in total. The van der Waals surface area contributed by atoms with Crippen LogP contribution in [-0.4, -0.2) is 56.7 Å². The molecule has 0 spiro atoms. The van der Waals surface area contributed by atoms with Crippen molar-refractivity contribution in [3.63, 3.8) is 0 Å². The Morgan fingerprint density at radius 3 is 2.65 bits per heavy atom. The summed E-state index contributed by atoms with van der Waals surface area (Å²) in [5.41, 5.74) is 1.85. The van der Waals surface area contributed by atoms with Crippen LogP contribution in [0, 0.1) is 0 Å². The van der Waals surface area contributed by atoms with E-state index in [2.05, 4.69) is 52.1 Å². The summed E-state index contributed by atoms with van der Waals surface area (Å²) in [5.74, 6) is 0.0439. The second-order valence-electron chi connectivity index (χ2n) is 7.78. The van der Waals surface area contributed by atoms with Gasteiger partial charge in [-0.05, 0) is 22.4 Å². The third-order valence-electron chi connectivity index (χ3n) is 4.55. The smallest absolute Gasteiger partial charge is 0.273 e. The van der Waals surface area contributed by atoms with Gasteiger partial charge in [0.25, 0.3) is 5.91 Å². The predicted octanol–water partition coefficient (Wildman–Crippen LogP) is 3.28. The summed E-state index contributed by atoms with van der Waals surface area (Å²) < 4.78 is 2.39. The van der Waals surface area contributed by atoms with E-state index in [1.165, 1.54) is 5.01 Å². The summed E-state index contributed by atoms with van der Waals surface area (Å²) >= 11 is 5.17. The number of halogens is 1. The van der Waals surface area contributed by atoms with E-state index >= 15 is 0 Å². The van der Waals surface area contributed by atoms with Crippen molar-refractivity contribution in [3.05, 3.63) is 32.4 Å². The van der Waals surface area contributed by atoms with E-state index in [0.717, 1.165) is 49.3 Å². The van der Waals surface area contributed by atoms with Gasteiger partial charge in [-0.25, -0.2) is 4.98 Å². The van der Waals surface area contributed by atoms with Crippen molar-refractivity contribution in [1.82, 2.24) is 24.6 Å². The van der Waals surface area contributed by atoms with Crippen LogP contribution in [0.2, 0.25) is 0 Å². The number of carbonyl (C=O) groups is 1. The lowest BCUT2D eigenvalue weighted by Gasteiger charge is -2.22. The summed E-state index contributed by atoms with van der Waals surface area (Å²) in [6.07, 6.45) is 2.64. The number of amides is 1. The molecule has 1 fully saturated rings. The van der Waals surface area contributed by atoms with E-state index < -0.39 is 0 Å². The monoisotopic (exact) mass is 439 g/mol. The maximum Gasteiger partial charge on any atom is 0.273 e. The molecule has 26 heavy (non-hydrogen) atoms. The molecule has 8 heteroatoms. The Morgan fingerprint density at radius 2 is 2.04 bits per heavy atom. The van der Waals surface area contributed by atoms with Crippen LogP contribution in [0.4, 0.5) is 0 Å². The van der Waals surface area contributed by atoms with Crippen molar-refractivity contribution in [2.45, 2.75) is 39.2 Å². The maximum atomic E-state index is 12.8. The molecule has 0 aromatic carbocycles. The first kappa shape index (κ1) is 19.5. The fraction of sp³-hybridized carbons (Fsp3) is 0.611. The Bertz CT molecular complexity index is 759. The van der Waals surface area contributed by atoms with Crippen LogP contribution >= 0.6 is 27.3 Å². The Morgan fingerprint density at radius 1 is 1.27 bits per heavy atom. The van der Waals surface area contributed by atoms with Gasteiger partial charge in [-0.2, -0.15) is 5.10 Å². The minimum atomic E-state index is 0.0439. The summed E-state index contributed by atoms with van der Waals surface area (Å²) in [7, 11) is 1.80. The largest absolute Gasteiger partial charge is 0.336 e. The molecule has 0 unspecified atom stereocenters. The van der Waals surface area contributed by atoms with Gasteiger partial charge in [-0.1, -0.05) is 20.8 Å². The van der Waals surface area contributed by atoms with Crippen molar-refractivity contribution in [1.29, 1.82) is 0 Å². The van der Waals surface area contributed by atoms with Crippen molar-refractivity contribution in [2.24, 2.45) is 7.05 Å². The third kappa shape index (κ3) is 4.35. The topological polar surface area (TPSA) is 54.3 Å². The van der Waals surface area contributed by atoms with Gasteiger partial charge >= 0.3 is 0 Å². The van der Waals surface area contributed by atoms with E-state index in [1.54, 1.807) is 29.3 Å². The zero-order valence-electron chi connectivity index (χ0n) is 15.8. The molecule has 0 atom stereocenters. The van der Waals surface area contributed by atoms with Crippen LogP contribution in [0.1, 0.15) is 48.4 Å². The van der Waals surface area contributed by atoms with Gasteiger partial charge in [0.1, 0.15) is 5.69 Å². The Kier molecular flexibility index (Phi) is 5.84. The van der Waals surface area contributed by atoms with E-state index in [-0.39, 0.29) is 11.3 Å². The number of rotatable bonds is 3. The molecule has 6 nitrogen and oxygen atoms in total. The minimum absolute atomic E-state index is 0.0439. The number of nitrogens with zero attached hydrogens (tertiary/aromatic N) is 5. The molecule has 1 aliphatic rings. The average molecular weight is 440 g/mol. The zero-order valence-corrected chi connectivity index (χ0v) is 18.2. The minimum Gasteiger partial charge on any atom is -0.336 e. The van der Waals surface area contributed by atoms with Crippen molar-refractivity contribution >= 4 is 33.2 Å². The van der Waals surface area contributed by atoms with Crippen LogP contribution < -0.4 is 0 Å². The number of thiazole rings is 1. The molecule has 1 amide bonds. The zero-order chi connectivity index (χ0) is 18.9. The van der Waals surface area contributed by atoms with Gasteiger partial charge in [0.05, 0.1) is 21.4 Å². The molecule has 3 rings (SSSR count). The number of aryl methyl sites for hydroxylation is 1. The molecule has 142 valence electrons. The second kappa shape index (κ2) is 7.78. The highest BCUT2D eigenvalue weighted by atomic mass is 79.9. The summed E-state index contributed by atoms with van der Waals surface area (Å²) in [6.45, 7) is 10.8. The van der Waals surface area contributed by atoms with E-state index in [1.807, 2.05) is 4.90 Å². The van der Waals surface area contributed by atoms with Gasteiger partial charge in [0, 0.05) is 50.6 Å². The van der Waals surface area contributed by atoms with Gasteiger partial charge in [-0.15, -0.1) is 11.3 Å². The molecule has 0 saturated carbocycles. The molecular formula is C18H26BrN5OS. The van der Waals surface area contributed by atoms with Gasteiger partial charge in [-0.3, -0.25) is 14.4 Å². The fourth-order valence-corrected chi connectivity index (χ4v) is 4.50. The summed E-state index contributed by atoms with van der Waals surface area (Å²) in [5, 5.41) is 7.50. The van der Waals surface area contributed by atoms with Crippen molar-refractivity contribution < 1.29 is 4.79 Å². The number of hydrogen-bond donors (Lipinski definition) is 0. The maximum absolute atomic E-state index is 12.8. The highest BCUT2D eigenvalue weighted by Gasteiger charge is 2.25. The van der Waals surface area contributed by atoms with Crippen LogP contribution in [0.3, 0.4) is 0 Å². The number of aromatic nitrogens is 3. The summed E-state index contributed by atoms with van der Waals surface area (Å²) in [4.78, 5) is 22.0. The van der Waals surface area contributed by atoms with Gasteiger partial charge in [0.15, 0.2) is 0 Å². The van der Waals surface area contributed by atoms with Crippen molar-refractivity contribution in [2.75, 3.05) is 26.2 Å². The molecule has 3 heterocycles. The lowest BCUT2D eigenvalue weighted by Crippen LogP contribution is -2.36. The Labute approximate surface area is 167 Å². The van der Waals surface area contributed by atoms with Crippen LogP contribution in [0.25, 0.3) is 0 Å². The quantitative estimate of drug-likeness (QED) is 0.735. The SMILES string of the molecule is Cn1ncc(Br)c1C(=O)N1CCCN(Cc2csc(C(C)(C)C)n2)CC1. The third-order valence-corrected chi connectivity index (χ3v) is 6.45. The van der Waals surface area contributed by atoms with Gasteiger partial charge < -0.3 is 4.90 Å². The Balaban J connectivity index is 1.62. The molecular weight excluding hydrogens is 414 g/mol. The molecule has 1 aliphatic heterocycles. The van der Waals surface area contributed by atoms with E-state index in [9.17, 15) is 4.79 Å². The first-order chi connectivity index (χ1) is 12.3. The first-order valence-corrected chi connectivity index (χ1v) is 10.6. The average Bonchev–Trinajstić information content (AvgIpc) is 3.08. The molecule has 0 bridgehead atoms. The van der Waals surface area contributed by atoms with E-state index in [0.29, 0.717) is 5.69 Å². The lowest BCUT2D eigenvalue weighted by atomic mass is 9.98. The van der Waals surface area contributed by atoms with E-state index in [4.69, 9.17) is 4.98 Å². The molecule has 0 aliphatic carbocycles. The highest BCUT2D eigenvalue weighted by Crippen LogP contribution is 2.26. The molecule has 1 saturated heterocycles. The molecule has 2 aromatic rings. The van der Waals surface area contributed by atoms with Gasteiger partial charge in [0.2, 0.25) is 0 Å². The second-order valence-corrected chi connectivity index (χ2v) is 9.49.